The van der Waals surface area contributed by atoms with Crippen molar-refractivity contribution in [2.24, 2.45) is 60.1 Å². The molecule has 1 nitrogen and oxygen atoms in total. The van der Waals surface area contributed by atoms with Crippen LogP contribution in [0, 0.1) is 60.1 Å². The highest BCUT2D eigenvalue weighted by Crippen LogP contribution is 2.42. The van der Waals surface area contributed by atoms with Crippen molar-refractivity contribution < 1.29 is 0 Å². The molecule has 2 aromatic rings. The number of nitrogens with one attached hydrogen (secondary N) is 1. The van der Waals surface area contributed by atoms with Crippen molar-refractivity contribution in [2.75, 3.05) is 7.05 Å². The maximum Gasteiger partial charge on any atom is 0.0170 e. The summed E-state index contributed by atoms with van der Waals surface area (Å²) in [5, 5.41) is 3.28. The number of rotatable bonds is 6. The van der Waals surface area contributed by atoms with Gasteiger partial charge in [-0.1, -0.05) is 301 Å². The predicted molar refractivity (Wildman–Crippen MR) is 316 cm³/mol. The zero-order valence-electron chi connectivity index (χ0n) is 53.3. The van der Waals surface area contributed by atoms with Crippen LogP contribution >= 0.6 is 0 Å². The summed E-state index contributed by atoms with van der Waals surface area (Å²) in [5.41, 5.74) is 8.38. The van der Waals surface area contributed by atoms with Crippen molar-refractivity contribution in [3.05, 3.63) is 83.9 Å². The van der Waals surface area contributed by atoms with Gasteiger partial charge in [-0.05, 0) is 118 Å². The molecule has 0 saturated carbocycles. The van der Waals surface area contributed by atoms with E-state index in [1.807, 2.05) is 7.05 Å². The molecule has 0 heterocycles. The van der Waals surface area contributed by atoms with E-state index in [-0.39, 0.29) is 5.54 Å². The first kappa shape index (κ1) is 74.1. The lowest BCUT2D eigenvalue weighted by Crippen LogP contribution is -2.47. The minimum Gasteiger partial charge on any atom is -0.314 e. The molecule has 1 N–H and O–H groups in total. The Hall–Kier alpha value is -1.86. The first-order valence-electron chi connectivity index (χ1n) is 26.6. The smallest absolute Gasteiger partial charge is 0.0170 e. The van der Waals surface area contributed by atoms with Gasteiger partial charge in [-0.2, -0.15) is 0 Å². The quantitative estimate of drug-likeness (QED) is 0.285. The molecular formula is C66H129N. The SMILES string of the molecule is C=C(C)C(C)(C)C.CC(C)(C)C(C)(C)C.CC(C)(C)C(C)(C)Cc1ccccc1.CC(C)C(C)(C)C.CCC(C)(C)C(C)(C)C.CCC(c1ccccc1)C(C)(C)C.CNC(C)(C)C(C)(C)C. The summed E-state index contributed by atoms with van der Waals surface area (Å²) in [5.74, 6) is 1.47. The second-order valence-corrected chi connectivity index (χ2v) is 30.2. The molecule has 0 saturated heterocycles. The van der Waals surface area contributed by atoms with E-state index in [2.05, 4.69) is 315 Å². The first-order valence-corrected chi connectivity index (χ1v) is 26.6. The molecule has 0 aliphatic rings. The summed E-state index contributed by atoms with van der Waals surface area (Å²) >= 11 is 0. The summed E-state index contributed by atoms with van der Waals surface area (Å²) in [6.45, 7) is 83.1. The molecule has 0 aliphatic carbocycles. The van der Waals surface area contributed by atoms with Gasteiger partial charge in [0, 0.05) is 5.54 Å². The van der Waals surface area contributed by atoms with Gasteiger partial charge in [-0.25, -0.2) is 0 Å². The van der Waals surface area contributed by atoms with Gasteiger partial charge in [0.15, 0.2) is 0 Å². The van der Waals surface area contributed by atoms with Crippen LogP contribution in [0.1, 0.15) is 272 Å². The molecule has 0 fully saturated rings. The fourth-order valence-electron chi connectivity index (χ4n) is 4.31. The van der Waals surface area contributed by atoms with Gasteiger partial charge in [0.1, 0.15) is 0 Å². The minimum atomic E-state index is 0.229. The van der Waals surface area contributed by atoms with Crippen molar-refractivity contribution in [1.82, 2.24) is 5.32 Å². The highest BCUT2D eigenvalue weighted by molar-refractivity contribution is 5.21. The Morgan fingerprint density at radius 2 is 0.761 bits per heavy atom. The molecule has 0 aromatic heterocycles. The maximum absolute atomic E-state index is 3.83. The Morgan fingerprint density at radius 3 is 0.910 bits per heavy atom. The van der Waals surface area contributed by atoms with Gasteiger partial charge in [-0.3, -0.25) is 0 Å². The predicted octanol–water partition coefficient (Wildman–Crippen LogP) is 22.4. The van der Waals surface area contributed by atoms with Crippen LogP contribution in [0.5, 0.6) is 0 Å². The molecule has 398 valence electrons. The molecule has 1 atom stereocenters. The van der Waals surface area contributed by atoms with Gasteiger partial charge in [0.05, 0.1) is 0 Å². The third-order valence-electron chi connectivity index (χ3n) is 16.9. The lowest BCUT2D eigenvalue weighted by Gasteiger charge is -2.39. The van der Waals surface area contributed by atoms with Crippen LogP contribution in [-0.4, -0.2) is 12.6 Å². The maximum atomic E-state index is 3.83. The summed E-state index contributed by atoms with van der Waals surface area (Å²) in [6, 6.07) is 21.6. The third-order valence-corrected chi connectivity index (χ3v) is 16.9. The minimum absolute atomic E-state index is 0.229. The first-order chi connectivity index (χ1) is 29.1. The molecule has 0 aliphatic heterocycles. The Bertz CT molecular complexity index is 1470. The van der Waals surface area contributed by atoms with E-state index in [1.165, 1.54) is 29.5 Å². The van der Waals surface area contributed by atoms with E-state index in [9.17, 15) is 0 Å². The van der Waals surface area contributed by atoms with E-state index >= 15 is 0 Å². The van der Waals surface area contributed by atoms with Crippen molar-refractivity contribution in [1.29, 1.82) is 0 Å². The second-order valence-electron chi connectivity index (χ2n) is 30.2. The Balaban J connectivity index is -0.000000227. The molecule has 67 heavy (non-hydrogen) atoms. The van der Waals surface area contributed by atoms with Gasteiger partial charge in [-0.15, -0.1) is 0 Å². The standard InChI is InChI=1S/C14H22.C13H20.C9H20.C8H19N.C8H18.C7H16.C7H14/c1-13(2,3)14(4,5)11-12-9-7-6-8-10-12;1-5-12(13(2,3)4)11-9-7-6-8-10-11;1-7-9(5,6)8(2,3)4;1-7(2,3)8(4,5)9-6;1-7(2,3)8(4,5)6;2*1-6(2)7(3,4)5/h6-10H,11H2,1-5H3;6-10,12H,5H2,1-4H3;7H2,1-6H3;9H,1-6H3;1-6H3;6H,1-5H3;1H2,2-5H3. The van der Waals surface area contributed by atoms with Crippen LogP contribution in [0.2, 0.25) is 0 Å². The van der Waals surface area contributed by atoms with E-state index in [0.717, 1.165) is 12.3 Å². The van der Waals surface area contributed by atoms with E-state index in [1.54, 1.807) is 0 Å². The van der Waals surface area contributed by atoms with Gasteiger partial charge in [0.25, 0.3) is 0 Å². The molecule has 0 radical (unpaired) electrons. The molecule has 0 bridgehead atoms. The van der Waals surface area contributed by atoms with E-state index < -0.39 is 0 Å². The lowest BCUT2D eigenvalue weighted by molar-refractivity contribution is 0.126. The van der Waals surface area contributed by atoms with Gasteiger partial charge < -0.3 is 5.32 Å². The Labute approximate surface area is 427 Å². The van der Waals surface area contributed by atoms with Gasteiger partial charge >= 0.3 is 0 Å². The van der Waals surface area contributed by atoms with Crippen molar-refractivity contribution in [3.63, 3.8) is 0 Å². The highest BCUT2D eigenvalue weighted by Gasteiger charge is 2.33. The van der Waals surface area contributed by atoms with Gasteiger partial charge in [0.2, 0.25) is 0 Å². The molecule has 1 unspecified atom stereocenters. The van der Waals surface area contributed by atoms with Crippen LogP contribution in [0.25, 0.3) is 0 Å². The molecule has 2 aromatic carbocycles. The summed E-state index contributed by atoms with van der Waals surface area (Å²) in [4.78, 5) is 0. The highest BCUT2D eigenvalue weighted by atomic mass is 14.9. The molecule has 0 amide bonds. The van der Waals surface area contributed by atoms with E-state index in [4.69, 9.17) is 0 Å². The zero-order valence-corrected chi connectivity index (χ0v) is 53.3. The lowest BCUT2D eigenvalue weighted by atomic mass is 9.66. The van der Waals surface area contributed by atoms with Crippen LogP contribution in [0.4, 0.5) is 0 Å². The fraction of sp³-hybridized carbons (Fsp3) is 0.788. The van der Waals surface area contributed by atoms with Crippen LogP contribution in [-0.2, 0) is 6.42 Å². The second kappa shape index (κ2) is 29.5. The normalized spacial score (nSPS) is 13.4. The summed E-state index contributed by atoms with van der Waals surface area (Å²) in [7, 11) is 2.01. The largest absolute Gasteiger partial charge is 0.314 e. The number of hydrogen-bond donors (Lipinski definition) is 1. The van der Waals surface area contributed by atoms with E-state index in [0.29, 0.717) is 60.1 Å². The fourth-order valence-corrected chi connectivity index (χ4v) is 4.31. The molecular weight excluding hydrogens is 807 g/mol. The third kappa shape index (κ3) is 34.2. The number of allylic oxidation sites excluding steroid dienone is 1. The average molecular weight is 937 g/mol. The summed E-state index contributed by atoms with van der Waals surface area (Å²) in [6.07, 6.45) is 3.63. The molecule has 0 spiro atoms. The molecule has 2 rings (SSSR count). The van der Waals surface area contributed by atoms with Crippen molar-refractivity contribution in [2.45, 2.75) is 273 Å². The van der Waals surface area contributed by atoms with Crippen LogP contribution < -0.4 is 5.32 Å². The topological polar surface area (TPSA) is 12.0 Å². The van der Waals surface area contributed by atoms with Crippen LogP contribution in [0.15, 0.2) is 72.8 Å². The zero-order chi connectivity index (χ0) is 55.3. The monoisotopic (exact) mass is 936 g/mol. The van der Waals surface area contributed by atoms with Crippen molar-refractivity contribution >= 4 is 0 Å². The number of hydrogen-bond acceptors (Lipinski definition) is 1. The Morgan fingerprint density at radius 1 is 0.463 bits per heavy atom. The van der Waals surface area contributed by atoms with Crippen LogP contribution in [0.3, 0.4) is 0 Å². The van der Waals surface area contributed by atoms with Crippen molar-refractivity contribution in [3.8, 4) is 0 Å². The number of benzene rings is 2. The molecule has 1 heteroatoms. The Kier molecular flexibility index (Phi) is 32.6. The summed E-state index contributed by atoms with van der Waals surface area (Å²) < 4.78 is 0. The average Bonchev–Trinajstić information content (AvgIpc) is 3.10.